The molecule has 7 heteroatoms. The fourth-order valence-corrected chi connectivity index (χ4v) is 2.32. The molecule has 0 bridgehead atoms. The van der Waals surface area contributed by atoms with E-state index in [1.165, 1.54) is 18.5 Å². The Morgan fingerprint density at radius 3 is 2.71 bits per heavy atom. The first-order chi connectivity index (χ1) is 10.1. The van der Waals surface area contributed by atoms with E-state index in [1.807, 2.05) is 0 Å². The van der Waals surface area contributed by atoms with Crippen molar-refractivity contribution in [2.24, 2.45) is 0 Å². The number of aromatic carboxylic acids is 1. The summed E-state index contributed by atoms with van der Waals surface area (Å²) in [6.07, 6.45) is 2.71. The number of pyridine rings is 1. The van der Waals surface area contributed by atoms with Crippen molar-refractivity contribution in [1.29, 1.82) is 0 Å². The van der Waals surface area contributed by atoms with Crippen LogP contribution in [-0.4, -0.2) is 29.3 Å². The summed E-state index contributed by atoms with van der Waals surface area (Å²) in [4.78, 5) is 14.6. The maximum absolute atomic E-state index is 10.8. The van der Waals surface area contributed by atoms with E-state index in [9.17, 15) is 4.79 Å². The van der Waals surface area contributed by atoms with Gasteiger partial charge in [-0.15, -0.1) is 0 Å². The number of rotatable bonds is 6. The molecule has 21 heavy (non-hydrogen) atoms. The summed E-state index contributed by atoms with van der Waals surface area (Å²) in [5, 5.41) is 9.46. The Bertz CT molecular complexity index is 651. The van der Waals surface area contributed by atoms with E-state index in [0.717, 1.165) is 4.47 Å². The van der Waals surface area contributed by atoms with Crippen molar-refractivity contribution in [2.75, 3.05) is 13.2 Å². The first-order valence-electron chi connectivity index (χ1n) is 5.95. The molecule has 0 aliphatic rings. The van der Waals surface area contributed by atoms with E-state index < -0.39 is 5.97 Å². The Morgan fingerprint density at radius 1 is 1.24 bits per heavy atom. The van der Waals surface area contributed by atoms with Gasteiger partial charge in [-0.25, -0.2) is 4.79 Å². The van der Waals surface area contributed by atoms with Gasteiger partial charge in [0.05, 0.1) is 16.2 Å². The quantitative estimate of drug-likeness (QED) is 0.784. The van der Waals surface area contributed by atoms with Gasteiger partial charge in [-0.2, -0.15) is 0 Å². The van der Waals surface area contributed by atoms with Gasteiger partial charge >= 0.3 is 5.97 Å². The Morgan fingerprint density at radius 2 is 2.00 bits per heavy atom. The molecule has 0 spiro atoms. The average Bonchev–Trinajstić information content (AvgIpc) is 2.45. The fraction of sp³-hybridized carbons (Fsp3) is 0.143. The number of benzene rings is 1. The second-order valence-electron chi connectivity index (χ2n) is 3.99. The summed E-state index contributed by atoms with van der Waals surface area (Å²) in [5.74, 6) is -0.0108. The minimum absolute atomic E-state index is 0.0777. The van der Waals surface area contributed by atoms with Crippen molar-refractivity contribution >= 4 is 33.5 Å². The summed E-state index contributed by atoms with van der Waals surface area (Å²) >= 11 is 9.18. The summed E-state index contributed by atoms with van der Waals surface area (Å²) in [7, 11) is 0. The maximum atomic E-state index is 10.8. The van der Waals surface area contributed by atoms with Gasteiger partial charge in [-0.05, 0) is 40.2 Å². The molecular formula is C14H11BrClNO4. The highest BCUT2D eigenvalue weighted by molar-refractivity contribution is 9.10. The van der Waals surface area contributed by atoms with Gasteiger partial charge in [0.1, 0.15) is 24.7 Å². The monoisotopic (exact) mass is 371 g/mol. The number of carbonyl (C=O) groups is 1. The van der Waals surface area contributed by atoms with Crippen molar-refractivity contribution in [3.8, 4) is 11.5 Å². The van der Waals surface area contributed by atoms with Crippen molar-refractivity contribution in [3.05, 3.63) is 51.7 Å². The number of nitrogens with zero attached hydrogens (tertiary/aromatic N) is 1. The maximum Gasteiger partial charge on any atom is 0.337 e. The van der Waals surface area contributed by atoms with Crippen LogP contribution in [-0.2, 0) is 0 Å². The predicted octanol–water partition coefficient (Wildman–Crippen LogP) is 3.65. The molecule has 1 heterocycles. The highest BCUT2D eigenvalue weighted by Gasteiger charge is 2.05. The molecule has 0 fully saturated rings. The molecule has 0 aliphatic heterocycles. The fourth-order valence-electron chi connectivity index (χ4n) is 1.52. The van der Waals surface area contributed by atoms with Gasteiger partial charge < -0.3 is 14.6 Å². The lowest BCUT2D eigenvalue weighted by Crippen LogP contribution is -2.10. The average molecular weight is 373 g/mol. The van der Waals surface area contributed by atoms with Crippen LogP contribution in [0.3, 0.4) is 0 Å². The lowest BCUT2D eigenvalue weighted by atomic mass is 10.3. The Kier molecular flexibility index (Phi) is 5.41. The van der Waals surface area contributed by atoms with E-state index in [1.54, 1.807) is 18.2 Å². The molecule has 0 radical (unpaired) electrons. The number of ether oxygens (including phenoxy) is 2. The van der Waals surface area contributed by atoms with Crippen molar-refractivity contribution in [2.45, 2.75) is 0 Å². The molecule has 1 N–H and O–H groups in total. The molecule has 0 aliphatic carbocycles. The van der Waals surface area contributed by atoms with Crippen LogP contribution < -0.4 is 9.47 Å². The summed E-state index contributed by atoms with van der Waals surface area (Å²) < 4.78 is 11.7. The van der Waals surface area contributed by atoms with Crippen LogP contribution >= 0.6 is 27.5 Å². The molecule has 0 saturated carbocycles. The van der Waals surface area contributed by atoms with E-state index in [4.69, 9.17) is 26.2 Å². The molecule has 0 saturated heterocycles. The van der Waals surface area contributed by atoms with Crippen molar-refractivity contribution < 1.29 is 19.4 Å². The molecule has 0 amide bonds. The standard InChI is InChI=1S/C14H11BrClNO4/c15-12-6-10(16)1-2-13(12)21-4-3-20-11-5-9(14(18)19)7-17-8-11/h1-2,5-8H,3-4H2,(H,18,19). The number of carboxylic acids is 1. The lowest BCUT2D eigenvalue weighted by Gasteiger charge is -2.10. The van der Waals surface area contributed by atoms with Gasteiger partial charge in [-0.3, -0.25) is 4.98 Å². The second kappa shape index (κ2) is 7.28. The van der Waals surface area contributed by atoms with E-state index in [0.29, 0.717) is 23.1 Å². The Labute approximate surface area is 134 Å². The van der Waals surface area contributed by atoms with Crippen LogP contribution in [0.1, 0.15) is 10.4 Å². The normalized spacial score (nSPS) is 10.2. The Balaban J connectivity index is 1.84. The second-order valence-corrected chi connectivity index (χ2v) is 5.28. The molecule has 0 unspecified atom stereocenters. The van der Waals surface area contributed by atoms with Gasteiger partial charge in [0.15, 0.2) is 0 Å². The van der Waals surface area contributed by atoms with Crippen LogP contribution in [0.4, 0.5) is 0 Å². The van der Waals surface area contributed by atoms with Crippen LogP contribution in [0.5, 0.6) is 11.5 Å². The van der Waals surface area contributed by atoms with Gasteiger partial charge in [0, 0.05) is 11.2 Å². The molecule has 2 aromatic rings. The van der Waals surface area contributed by atoms with Crippen LogP contribution in [0.25, 0.3) is 0 Å². The zero-order chi connectivity index (χ0) is 15.2. The number of halogens is 2. The van der Waals surface area contributed by atoms with Crippen molar-refractivity contribution in [3.63, 3.8) is 0 Å². The van der Waals surface area contributed by atoms with Crippen LogP contribution in [0, 0.1) is 0 Å². The van der Waals surface area contributed by atoms with E-state index >= 15 is 0 Å². The first-order valence-corrected chi connectivity index (χ1v) is 7.12. The number of hydrogen-bond acceptors (Lipinski definition) is 4. The van der Waals surface area contributed by atoms with E-state index in [-0.39, 0.29) is 12.2 Å². The minimum Gasteiger partial charge on any atom is -0.489 e. The Hall–Kier alpha value is -1.79. The molecule has 5 nitrogen and oxygen atoms in total. The molecule has 1 aromatic carbocycles. The molecular weight excluding hydrogens is 362 g/mol. The first kappa shape index (κ1) is 15.6. The largest absolute Gasteiger partial charge is 0.489 e. The third-order valence-corrected chi connectivity index (χ3v) is 3.32. The van der Waals surface area contributed by atoms with Gasteiger partial charge in [-0.1, -0.05) is 11.6 Å². The SMILES string of the molecule is O=C(O)c1cncc(OCCOc2ccc(Cl)cc2Br)c1. The summed E-state index contributed by atoms with van der Waals surface area (Å²) in [6.45, 7) is 0.567. The topological polar surface area (TPSA) is 68.7 Å². The highest BCUT2D eigenvalue weighted by atomic mass is 79.9. The molecule has 2 rings (SSSR count). The zero-order valence-electron chi connectivity index (χ0n) is 10.8. The smallest absolute Gasteiger partial charge is 0.337 e. The van der Waals surface area contributed by atoms with E-state index in [2.05, 4.69) is 20.9 Å². The predicted molar refractivity (Wildman–Crippen MR) is 81.3 cm³/mol. The van der Waals surface area contributed by atoms with Crippen molar-refractivity contribution in [1.82, 2.24) is 4.98 Å². The molecule has 0 atom stereocenters. The highest BCUT2D eigenvalue weighted by Crippen LogP contribution is 2.27. The van der Waals surface area contributed by atoms with Crippen LogP contribution in [0.2, 0.25) is 5.02 Å². The number of aromatic nitrogens is 1. The van der Waals surface area contributed by atoms with Gasteiger partial charge in [0.2, 0.25) is 0 Å². The third-order valence-electron chi connectivity index (χ3n) is 2.46. The number of carboxylic acid groups (broad SMARTS) is 1. The van der Waals surface area contributed by atoms with Gasteiger partial charge in [0.25, 0.3) is 0 Å². The molecule has 110 valence electrons. The zero-order valence-corrected chi connectivity index (χ0v) is 13.1. The third kappa shape index (κ3) is 4.61. The molecule has 1 aromatic heterocycles. The number of hydrogen-bond donors (Lipinski definition) is 1. The summed E-state index contributed by atoms with van der Waals surface area (Å²) in [5.41, 5.74) is 0.0777. The van der Waals surface area contributed by atoms with Crippen LogP contribution in [0.15, 0.2) is 41.1 Å². The minimum atomic E-state index is -1.05. The summed E-state index contributed by atoms with van der Waals surface area (Å²) in [6, 6.07) is 6.62. The lowest BCUT2D eigenvalue weighted by molar-refractivity contribution is 0.0696.